The number of carbonyl (C=O) groups is 1. The molecule has 1 N–H and O–H groups in total. The molecule has 0 radical (unpaired) electrons. The van der Waals surface area contributed by atoms with Crippen molar-refractivity contribution in [3.05, 3.63) is 29.8 Å². The highest BCUT2D eigenvalue weighted by Crippen LogP contribution is 2.22. The molecule has 0 atom stereocenters. The lowest BCUT2D eigenvalue weighted by Crippen LogP contribution is -2.40. The average Bonchev–Trinajstić information content (AvgIpc) is 2.89. The quantitative estimate of drug-likeness (QED) is 0.766. The summed E-state index contributed by atoms with van der Waals surface area (Å²) in [7, 11) is -3.47. The molecule has 2 aliphatic rings. The molecule has 2 aliphatic heterocycles. The van der Waals surface area contributed by atoms with Crippen molar-refractivity contribution in [2.75, 3.05) is 32.8 Å². The van der Waals surface area contributed by atoms with Crippen molar-refractivity contribution in [1.29, 1.82) is 0 Å². The highest BCUT2D eigenvalue weighted by atomic mass is 32.2. The van der Waals surface area contributed by atoms with Gasteiger partial charge in [0.15, 0.2) is 0 Å². The van der Waals surface area contributed by atoms with Gasteiger partial charge in [-0.3, -0.25) is 14.5 Å². The topological polar surface area (TPSA) is 88.1 Å². The monoisotopic (exact) mass is 365 g/mol. The normalized spacial score (nSPS) is 20.3. The van der Waals surface area contributed by atoms with Crippen molar-refractivity contribution in [3.8, 4) is 0 Å². The van der Waals surface area contributed by atoms with Gasteiger partial charge < -0.3 is 9.64 Å². The van der Waals surface area contributed by atoms with Crippen LogP contribution in [0, 0.1) is 0 Å². The van der Waals surface area contributed by atoms with Crippen molar-refractivity contribution in [1.82, 2.24) is 9.62 Å². The third-order valence-electron chi connectivity index (χ3n) is 4.35. The average molecular weight is 365 g/mol. The van der Waals surface area contributed by atoms with Crippen LogP contribution in [0.2, 0.25) is 0 Å². The van der Waals surface area contributed by atoms with E-state index >= 15 is 0 Å². The number of nitrogens with zero attached hydrogens (tertiary/aromatic N) is 2. The Kier molecular flexibility index (Phi) is 5.70. The Morgan fingerprint density at radius 2 is 1.92 bits per heavy atom. The molecule has 8 heteroatoms. The number of morpholine rings is 1. The van der Waals surface area contributed by atoms with Gasteiger partial charge in [-0.1, -0.05) is 18.6 Å². The van der Waals surface area contributed by atoms with E-state index in [0.717, 1.165) is 19.3 Å². The van der Waals surface area contributed by atoms with Gasteiger partial charge in [-0.25, -0.2) is 8.42 Å². The zero-order chi connectivity index (χ0) is 17.7. The minimum atomic E-state index is -3.47. The fraction of sp³-hybridized carbons (Fsp3) is 0.529. The van der Waals surface area contributed by atoms with E-state index in [1.807, 2.05) is 4.90 Å². The first-order chi connectivity index (χ1) is 12.1. The molecule has 1 fully saturated rings. The van der Waals surface area contributed by atoms with Crippen LogP contribution in [0.1, 0.15) is 31.2 Å². The SMILES string of the molecule is O=C(CCCCCN=C1NS(=O)(=O)c2ccccc21)N1CCOCC1. The molecular formula is C17H23N3O4S. The van der Waals surface area contributed by atoms with E-state index in [-0.39, 0.29) is 10.8 Å². The van der Waals surface area contributed by atoms with Gasteiger partial charge in [-0.2, -0.15) is 0 Å². The molecule has 1 amide bonds. The molecule has 1 saturated heterocycles. The summed E-state index contributed by atoms with van der Waals surface area (Å²) in [5, 5.41) is 0. The molecule has 25 heavy (non-hydrogen) atoms. The number of nitrogens with one attached hydrogen (secondary N) is 1. The Morgan fingerprint density at radius 1 is 1.16 bits per heavy atom. The fourth-order valence-corrected chi connectivity index (χ4v) is 4.23. The lowest BCUT2D eigenvalue weighted by Gasteiger charge is -2.26. The number of hydrogen-bond acceptors (Lipinski definition) is 5. The largest absolute Gasteiger partial charge is 0.378 e. The number of carbonyl (C=O) groups excluding carboxylic acids is 1. The smallest absolute Gasteiger partial charge is 0.263 e. The summed E-state index contributed by atoms with van der Waals surface area (Å²) in [5.41, 5.74) is 0.630. The van der Waals surface area contributed by atoms with E-state index in [1.165, 1.54) is 0 Å². The maximum absolute atomic E-state index is 12.0. The van der Waals surface area contributed by atoms with Crippen LogP contribution >= 0.6 is 0 Å². The zero-order valence-electron chi connectivity index (χ0n) is 14.1. The second kappa shape index (κ2) is 7.97. The van der Waals surface area contributed by atoms with E-state index in [4.69, 9.17) is 4.74 Å². The van der Waals surface area contributed by atoms with Crippen LogP contribution in [-0.2, 0) is 19.6 Å². The van der Waals surface area contributed by atoms with E-state index in [2.05, 4.69) is 9.71 Å². The van der Waals surface area contributed by atoms with Gasteiger partial charge in [-0.05, 0) is 25.0 Å². The Morgan fingerprint density at radius 3 is 2.72 bits per heavy atom. The van der Waals surface area contributed by atoms with Crippen molar-refractivity contribution < 1.29 is 17.9 Å². The van der Waals surface area contributed by atoms with Crippen LogP contribution in [0.4, 0.5) is 0 Å². The summed E-state index contributed by atoms with van der Waals surface area (Å²) in [4.78, 5) is 18.5. The predicted molar refractivity (Wildman–Crippen MR) is 94.0 cm³/mol. The molecule has 2 heterocycles. The number of sulfonamides is 1. The predicted octanol–water partition coefficient (Wildman–Crippen LogP) is 1.14. The number of benzene rings is 1. The van der Waals surface area contributed by atoms with Gasteiger partial charge in [0.1, 0.15) is 5.84 Å². The van der Waals surface area contributed by atoms with Gasteiger partial charge in [0, 0.05) is 31.6 Å². The third kappa shape index (κ3) is 4.38. The number of aliphatic imine (C=N–C) groups is 1. The summed E-state index contributed by atoms with van der Waals surface area (Å²) in [6, 6.07) is 6.84. The number of hydrogen-bond donors (Lipinski definition) is 1. The minimum Gasteiger partial charge on any atom is -0.378 e. The molecule has 0 aromatic heterocycles. The van der Waals surface area contributed by atoms with Crippen molar-refractivity contribution in [2.24, 2.45) is 4.99 Å². The first kappa shape index (κ1) is 17.9. The molecule has 0 saturated carbocycles. The van der Waals surface area contributed by atoms with E-state index in [1.54, 1.807) is 24.3 Å². The number of unbranched alkanes of at least 4 members (excludes halogenated alkanes) is 2. The van der Waals surface area contributed by atoms with Gasteiger partial charge in [0.2, 0.25) is 5.91 Å². The molecule has 1 aromatic carbocycles. The number of amides is 1. The van der Waals surface area contributed by atoms with Gasteiger partial charge in [-0.15, -0.1) is 0 Å². The van der Waals surface area contributed by atoms with Crippen molar-refractivity contribution >= 4 is 21.8 Å². The summed E-state index contributed by atoms with van der Waals surface area (Å²) >= 11 is 0. The second-order valence-corrected chi connectivity index (χ2v) is 7.79. The highest BCUT2D eigenvalue weighted by Gasteiger charge is 2.29. The molecule has 7 nitrogen and oxygen atoms in total. The maximum atomic E-state index is 12.0. The van der Waals surface area contributed by atoms with Gasteiger partial charge in [0.25, 0.3) is 10.0 Å². The van der Waals surface area contributed by atoms with Gasteiger partial charge >= 0.3 is 0 Å². The maximum Gasteiger partial charge on any atom is 0.263 e. The Labute approximate surface area is 148 Å². The summed E-state index contributed by atoms with van der Waals surface area (Å²) in [6.07, 6.45) is 3.08. The van der Waals surface area contributed by atoms with Crippen LogP contribution < -0.4 is 4.72 Å². The van der Waals surface area contributed by atoms with Crippen molar-refractivity contribution in [3.63, 3.8) is 0 Å². The molecule has 0 bridgehead atoms. The molecule has 0 unspecified atom stereocenters. The van der Waals surface area contributed by atoms with E-state index < -0.39 is 10.0 Å². The number of rotatable bonds is 6. The molecule has 0 aliphatic carbocycles. The Balaban J connectivity index is 1.42. The summed E-state index contributed by atoms with van der Waals surface area (Å²) < 4.78 is 31.7. The number of amidine groups is 1. The Bertz CT molecular complexity index is 755. The lowest BCUT2D eigenvalue weighted by molar-refractivity contribution is -0.135. The third-order valence-corrected chi connectivity index (χ3v) is 5.74. The van der Waals surface area contributed by atoms with E-state index in [0.29, 0.717) is 50.7 Å². The molecule has 3 rings (SSSR count). The lowest BCUT2D eigenvalue weighted by atomic mass is 10.1. The molecule has 0 spiro atoms. The first-order valence-corrected chi connectivity index (χ1v) is 10.1. The first-order valence-electron chi connectivity index (χ1n) is 8.60. The van der Waals surface area contributed by atoms with Crippen molar-refractivity contribution in [2.45, 2.75) is 30.6 Å². The minimum absolute atomic E-state index is 0.187. The van der Waals surface area contributed by atoms with Gasteiger partial charge in [0.05, 0.1) is 18.1 Å². The molecule has 1 aromatic rings. The Hall–Kier alpha value is -1.93. The summed E-state index contributed by atoms with van der Waals surface area (Å²) in [6.45, 7) is 3.16. The number of fused-ring (bicyclic) bond motifs is 1. The van der Waals surface area contributed by atoms with E-state index in [9.17, 15) is 13.2 Å². The van der Waals surface area contributed by atoms with Crippen LogP contribution in [0.15, 0.2) is 34.2 Å². The van der Waals surface area contributed by atoms with Crippen LogP contribution in [0.5, 0.6) is 0 Å². The number of ether oxygens (including phenoxy) is 1. The fourth-order valence-electron chi connectivity index (χ4n) is 2.98. The molecular weight excluding hydrogens is 342 g/mol. The van der Waals surface area contributed by atoms with Crippen LogP contribution in [0.25, 0.3) is 0 Å². The second-order valence-electron chi connectivity index (χ2n) is 6.14. The molecule has 136 valence electrons. The zero-order valence-corrected chi connectivity index (χ0v) is 14.9. The summed E-state index contributed by atoms with van der Waals surface area (Å²) in [5.74, 6) is 0.604. The van der Waals surface area contributed by atoms with Crippen LogP contribution in [0.3, 0.4) is 0 Å². The highest BCUT2D eigenvalue weighted by molar-refractivity contribution is 7.90. The standard InChI is InChI=1S/C17H23N3O4S/c21-16(20-10-12-24-13-11-20)8-2-1-5-9-18-17-14-6-3-4-7-15(14)25(22,23)19-17/h3-4,6-7H,1-2,5,8-13H2,(H,18,19). The van der Waals surface area contributed by atoms with Crippen LogP contribution in [-0.4, -0.2) is 57.9 Å².